The molecule has 4 nitrogen and oxygen atoms in total. The average Bonchev–Trinajstić information content (AvgIpc) is 2.31. The van der Waals surface area contributed by atoms with Crippen LogP contribution in [0.5, 0.6) is 0 Å². The Kier molecular flexibility index (Phi) is 4.28. The van der Waals surface area contributed by atoms with E-state index in [1.54, 1.807) is 13.0 Å². The van der Waals surface area contributed by atoms with Crippen molar-refractivity contribution in [2.45, 2.75) is 40.2 Å². The summed E-state index contributed by atoms with van der Waals surface area (Å²) in [6.45, 7) is 8.31. The van der Waals surface area contributed by atoms with Gasteiger partial charge in [0.2, 0.25) is 0 Å². The molecule has 2 rings (SSSR count). The van der Waals surface area contributed by atoms with E-state index >= 15 is 0 Å². The van der Waals surface area contributed by atoms with E-state index in [0.717, 1.165) is 23.4 Å². The summed E-state index contributed by atoms with van der Waals surface area (Å²) in [5, 5.41) is 14.5. The minimum Gasteiger partial charge on any atom is -0.381 e. The van der Waals surface area contributed by atoms with Gasteiger partial charge in [0.25, 0.3) is 5.69 Å². The SMILES string of the molecule is Cc1cc([N+](=O)[O-])c(C)cc1NC1CSCC(C)(C)C1. The molecule has 0 bridgehead atoms. The van der Waals surface area contributed by atoms with Crippen LogP contribution in [0, 0.1) is 29.4 Å². The Bertz CT molecular complexity index is 529. The first-order valence-electron chi connectivity index (χ1n) is 6.88. The molecule has 0 spiro atoms. The summed E-state index contributed by atoms with van der Waals surface area (Å²) in [5.74, 6) is 2.29. The van der Waals surface area contributed by atoms with Crippen LogP contribution in [-0.2, 0) is 0 Å². The molecule has 1 atom stereocenters. The average molecular weight is 294 g/mol. The Morgan fingerprint density at radius 2 is 2.05 bits per heavy atom. The van der Waals surface area contributed by atoms with E-state index in [9.17, 15) is 10.1 Å². The predicted octanol–water partition coefficient (Wildman–Crippen LogP) is 4.16. The van der Waals surface area contributed by atoms with Crippen molar-refractivity contribution >= 4 is 23.1 Å². The number of anilines is 1. The zero-order valence-corrected chi connectivity index (χ0v) is 13.3. The minimum absolute atomic E-state index is 0.200. The van der Waals surface area contributed by atoms with Gasteiger partial charge in [-0.15, -0.1) is 0 Å². The topological polar surface area (TPSA) is 55.2 Å². The first kappa shape index (κ1) is 15.2. The molecule has 1 aliphatic rings. The zero-order valence-electron chi connectivity index (χ0n) is 12.5. The first-order chi connectivity index (χ1) is 9.28. The highest BCUT2D eigenvalue weighted by Gasteiger charge is 2.28. The molecule has 1 heterocycles. The van der Waals surface area contributed by atoms with Crippen molar-refractivity contribution in [3.63, 3.8) is 0 Å². The van der Waals surface area contributed by atoms with Crippen LogP contribution < -0.4 is 5.32 Å². The second kappa shape index (κ2) is 5.64. The fourth-order valence-electron chi connectivity index (χ4n) is 2.73. The third-order valence-electron chi connectivity index (χ3n) is 3.71. The molecule has 1 fully saturated rings. The van der Waals surface area contributed by atoms with E-state index in [-0.39, 0.29) is 10.6 Å². The van der Waals surface area contributed by atoms with Gasteiger partial charge in [-0.05, 0) is 43.1 Å². The summed E-state index contributed by atoms with van der Waals surface area (Å²) >= 11 is 1.98. The number of thioether (sulfide) groups is 1. The van der Waals surface area contributed by atoms with Gasteiger partial charge in [0.1, 0.15) is 0 Å². The number of nitro groups is 1. The predicted molar refractivity (Wildman–Crippen MR) is 85.7 cm³/mol. The fourth-order valence-corrected chi connectivity index (χ4v) is 4.00. The number of rotatable bonds is 3. The highest BCUT2D eigenvalue weighted by Crippen LogP contribution is 2.35. The van der Waals surface area contributed by atoms with Crippen molar-refractivity contribution in [3.8, 4) is 0 Å². The second-order valence-corrected chi connectivity index (χ2v) is 7.47. The van der Waals surface area contributed by atoms with Crippen LogP contribution in [-0.4, -0.2) is 22.5 Å². The number of hydrogen-bond donors (Lipinski definition) is 1. The minimum atomic E-state index is -0.314. The summed E-state index contributed by atoms with van der Waals surface area (Å²) in [4.78, 5) is 10.6. The highest BCUT2D eigenvalue weighted by atomic mass is 32.2. The van der Waals surface area contributed by atoms with Gasteiger partial charge >= 0.3 is 0 Å². The van der Waals surface area contributed by atoms with E-state index in [1.165, 1.54) is 5.75 Å². The van der Waals surface area contributed by atoms with Crippen molar-refractivity contribution < 1.29 is 4.92 Å². The number of nitrogens with one attached hydrogen (secondary N) is 1. The molecule has 20 heavy (non-hydrogen) atoms. The van der Waals surface area contributed by atoms with Gasteiger partial charge in [0, 0.05) is 29.1 Å². The summed E-state index contributed by atoms with van der Waals surface area (Å²) in [6, 6.07) is 4.00. The van der Waals surface area contributed by atoms with Crippen LogP contribution in [0.25, 0.3) is 0 Å². The van der Waals surface area contributed by atoms with Crippen molar-refractivity contribution in [2.24, 2.45) is 5.41 Å². The second-order valence-electron chi connectivity index (χ2n) is 6.44. The monoisotopic (exact) mass is 294 g/mol. The van der Waals surface area contributed by atoms with Crippen molar-refractivity contribution in [1.82, 2.24) is 0 Å². The van der Waals surface area contributed by atoms with Crippen LogP contribution in [0.4, 0.5) is 11.4 Å². The Hall–Kier alpha value is -1.23. The van der Waals surface area contributed by atoms with Gasteiger partial charge < -0.3 is 5.32 Å². The number of aryl methyl sites for hydroxylation is 2. The van der Waals surface area contributed by atoms with Gasteiger partial charge in [-0.2, -0.15) is 11.8 Å². The Morgan fingerprint density at radius 3 is 2.65 bits per heavy atom. The molecule has 0 radical (unpaired) electrons. The highest BCUT2D eigenvalue weighted by molar-refractivity contribution is 7.99. The molecule has 1 aromatic carbocycles. The quantitative estimate of drug-likeness (QED) is 0.672. The first-order valence-corrected chi connectivity index (χ1v) is 8.04. The smallest absolute Gasteiger partial charge is 0.272 e. The van der Waals surface area contributed by atoms with Gasteiger partial charge in [0.15, 0.2) is 0 Å². The maximum atomic E-state index is 10.9. The van der Waals surface area contributed by atoms with Crippen LogP contribution in [0.15, 0.2) is 12.1 Å². The lowest BCUT2D eigenvalue weighted by atomic mass is 9.87. The number of nitrogens with zero attached hydrogens (tertiary/aromatic N) is 1. The van der Waals surface area contributed by atoms with E-state index in [4.69, 9.17) is 0 Å². The standard InChI is InChI=1S/C15H22N2O2S/c1-10-6-14(17(18)19)11(2)5-13(10)16-12-7-15(3,4)9-20-8-12/h5-6,12,16H,7-9H2,1-4H3. The Morgan fingerprint density at radius 1 is 1.35 bits per heavy atom. The molecule has 0 saturated carbocycles. The Labute approximate surface area is 124 Å². The molecule has 1 aliphatic heterocycles. The molecular formula is C15H22N2O2S. The molecule has 0 aliphatic carbocycles. The van der Waals surface area contributed by atoms with Crippen LogP contribution in [0.1, 0.15) is 31.4 Å². The van der Waals surface area contributed by atoms with Gasteiger partial charge in [-0.3, -0.25) is 10.1 Å². The van der Waals surface area contributed by atoms with Crippen LogP contribution >= 0.6 is 11.8 Å². The maximum Gasteiger partial charge on any atom is 0.272 e. The number of hydrogen-bond acceptors (Lipinski definition) is 4. The van der Waals surface area contributed by atoms with Crippen molar-refractivity contribution in [2.75, 3.05) is 16.8 Å². The lowest BCUT2D eigenvalue weighted by Crippen LogP contribution is -2.35. The fraction of sp³-hybridized carbons (Fsp3) is 0.600. The van der Waals surface area contributed by atoms with E-state index in [2.05, 4.69) is 19.2 Å². The molecule has 5 heteroatoms. The Balaban J connectivity index is 2.18. The molecule has 1 unspecified atom stereocenters. The lowest BCUT2D eigenvalue weighted by Gasteiger charge is -2.35. The number of benzene rings is 1. The molecule has 1 N–H and O–H groups in total. The largest absolute Gasteiger partial charge is 0.381 e. The maximum absolute atomic E-state index is 10.9. The van der Waals surface area contributed by atoms with Crippen LogP contribution in [0.2, 0.25) is 0 Å². The molecular weight excluding hydrogens is 272 g/mol. The van der Waals surface area contributed by atoms with E-state index < -0.39 is 0 Å². The molecule has 110 valence electrons. The van der Waals surface area contributed by atoms with E-state index in [0.29, 0.717) is 17.0 Å². The zero-order chi connectivity index (χ0) is 14.9. The van der Waals surface area contributed by atoms with Crippen molar-refractivity contribution in [3.05, 3.63) is 33.4 Å². The van der Waals surface area contributed by atoms with Crippen molar-refractivity contribution in [1.29, 1.82) is 0 Å². The summed E-state index contributed by atoms with van der Waals surface area (Å²) < 4.78 is 0. The number of nitro benzene ring substituents is 1. The molecule has 1 saturated heterocycles. The molecule has 0 amide bonds. The van der Waals surface area contributed by atoms with Crippen LogP contribution in [0.3, 0.4) is 0 Å². The third kappa shape index (κ3) is 3.45. The summed E-state index contributed by atoms with van der Waals surface area (Å²) in [7, 11) is 0. The summed E-state index contributed by atoms with van der Waals surface area (Å²) in [6.07, 6.45) is 1.13. The van der Waals surface area contributed by atoms with Gasteiger partial charge in [-0.25, -0.2) is 0 Å². The lowest BCUT2D eigenvalue weighted by molar-refractivity contribution is -0.385. The van der Waals surface area contributed by atoms with Gasteiger partial charge in [0.05, 0.1) is 4.92 Å². The van der Waals surface area contributed by atoms with E-state index in [1.807, 2.05) is 24.8 Å². The van der Waals surface area contributed by atoms with Gasteiger partial charge in [-0.1, -0.05) is 13.8 Å². The molecule has 1 aromatic rings. The summed E-state index contributed by atoms with van der Waals surface area (Å²) in [5.41, 5.74) is 3.23. The normalized spacial score (nSPS) is 21.5. The molecule has 0 aromatic heterocycles. The third-order valence-corrected chi connectivity index (χ3v) is 5.33.